The molecule has 2 aromatic heterocycles. The van der Waals surface area contributed by atoms with E-state index in [0.717, 1.165) is 4.57 Å². The summed E-state index contributed by atoms with van der Waals surface area (Å²) < 4.78 is 1.14. The molecule has 0 amide bonds. The Kier molecular flexibility index (Phi) is 2.79. The van der Waals surface area contributed by atoms with Crippen LogP contribution < -0.4 is 11.2 Å². The van der Waals surface area contributed by atoms with Crippen LogP contribution in [-0.4, -0.2) is 25.3 Å². The van der Waals surface area contributed by atoms with E-state index in [1.807, 2.05) is 0 Å². The van der Waals surface area contributed by atoms with Crippen LogP contribution in [0.3, 0.4) is 0 Å². The van der Waals surface area contributed by atoms with Crippen LogP contribution in [0.15, 0.2) is 46.2 Å². The summed E-state index contributed by atoms with van der Waals surface area (Å²) in [4.78, 5) is 44.2. The molecule has 20 heavy (non-hydrogen) atoms. The number of H-pyrrole nitrogens is 2. The number of aromatic amines is 2. The van der Waals surface area contributed by atoms with Crippen LogP contribution in [0.2, 0.25) is 0 Å². The summed E-state index contributed by atoms with van der Waals surface area (Å²) in [5.41, 5.74) is -0.368. The summed E-state index contributed by atoms with van der Waals surface area (Å²) in [5, 5.41) is 0. The van der Waals surface area contributed by atoms with Crippen molar-refractivity contribution in [2.45, 2.75) is 6.54 Å². The minimum Gasteiger partial charge on any atom is -0.339 e. The predicted molar refractivity (Wildman–Crippen MR) is 71.7 cm³/mol. The molecule has 0 bridgehead atoms. The molecule has 1 aromatic carbocycles. The summed E-state index contributed by atoms with van der Waals surface area (Å²) >= 11 is 0. The van der Waals surface area contributed by atoms with E-state index < -0.39 is 11.2 Å². The summed E-state index contributed by atoms with van der Waals surface area (Å²) in [7, 11) is 0. The van der Waals surface area contributed by atoms with Crippen molar-refractivity contribution < 1.29 is 4.79 Å². The molecule has 3 aromatic rings. The molecule has 3 rings (SSSR count). The van der Waals surface area contributed by atoms with Gasteiger partial charge in [0.05, 0.1) is 12.9 Å². The first-order valence-electron chi connectivity index (χ1n) is 5.91. The normalized spacial score (nSPS) is 10.8. The highest BCUT2D eigenvalue weighted by Crippen LogP contribution is 2.04. The van der Waals surface area contributed by atoms with Crippen molar-refractivity contribution in [2.24, 2.45) is 0 Å². The highest BCUT2D eigenvalue weighted by atomic mass is 16.2. The summed E-state index contributed by atoms with van der Waals surface area (Å²) in [6.45, 7) is -0.180. The number of nitrogens with one attached hydrogen (secondary N) is 2. The Balaban J connectivity index is 2.08. The zero-order chi connectivity index (χ0) is 14.1. The van der Waals surface area contributed by atoms with E-state index >= 15 is 0 Å². The third-order valence-electron chi connectivity index (χ3n) is 2.97. The first kappa shape index (κ1) is 12.1. The molecular formula is C13H10N4O3. The lowest BCUT2D eigenvalue weighted by Gasteiger charge is -2.05. The van der Waals surface area contributed by atoms with E-state index in [-0.39, 0.29) is 23.5 Å². The molecule has 7 heteroatoms. The number of Topliss-reactive ketones (excluding diaryl/α,β-unsaturated/α-hetero) is 1. The minimum absolute atomic E-state index is 0.169. The topological polar surface area (TPSA) is 101 Å². The lowest BCUT2D eigenvalue weighted by molar-refractivity contribution is 0.0971. The van der Waals surface area contributed by atoms with Crippen molar-refractivity contribution in [1.29, 1.82) is 0 Å². The van der Waals surface area contributed by atoms with Crippen LogP contribution in [0.4, 0.5) is 0 Å². The van der Waals surface area contributed by atoms with Crippen molar-refractivity contribution in [3.8, 4) is 0 Å². The Morgan fingerprint density at radius 1 is 1.20 bits per heavy atom. The van der Waals surface area contributed by atoms with Gasteiger partial charge in [0.1, 0.15) is 5.52 Å². The van der Waals surface area contributed by atoms with Gasteiger partial charge in [-0.25, -0.2) is 9.78 Å². The number of aromatic nitrogens is 4. The SMILES string of the molecule is O=C(Cn1c(=O)[nH]c(=O)c2[nH]cnc21)c1ccccc1. The van der Waals surface area contributed by atoms with Crippen LogP contribution in [-0.2, 0) is 6.54 Å². The predicted octanol–water partition coefficient (Wildman–Crippen LogP) is 0.296. The Morgan fingerprint density at radius 2 is 1.95 bits per heavy atom. The van der Waals surface area contributed by atoms with Gasteiger partial charge in [-0.3, -0.25) is 19.1 Å². The number of fused-ring (bicyclic) bond motifs is 1. The molecule has 2 heterocycles. The number of carbonyl (C=O) groups excluding carboxylic acids is 1. The molecule has 0 radical (unpaired) electrons. The number of carbonyl (C=O) groups is 1. The van der Waals surface area contributed by atoms with Gasteiger partial charge in [0.2, 0.25) is 0 Å². The first-order valence-corrected chi connectivity index (χ1v) is 5.91. The molecule has 0 spiro atoms. The zero-order valence-corrected chi connectivity index (χ0v) is 10.3. The zero-order valence-electron chi connectivity index (χ0n) is 10.3. The van der Waals surface area contributed by atoms with Crippen LogP contribution in [0.25, 0.3) is 11.2 Å². The second kappa shape index (κ2) is 4.61. The van der Waals surface area contributed by atoms with Crippen molar-refractivity contribution in [2.75, 3.05) is 0 Å². The average Bonchev–Trinajstić information content (AvgIpc) is 2.94. The van der Waals surface area contributed by atoms with Gasteiger partial charge in [0.25, 0.3) is 5.56 Å². The molecule has 100 valence electrons. The third-order valence-corrected chi connectivity index (χ3v) is 2.97. The van der Waals surface area contributed by atoms with Gasteiger partial charge >= 0.3 is 5.69 Å². The Labute approximate surface area is 111 Å². The molecule has 0 saturated heterocycles. The fourth-order valence-electron chi connectivity index (χ4n) is 1.99. The summed E-state index contributed by atoms with van der Waals surface area (Å²) in [6.07, 6.45) is 1.31. The maximum Gasteiger partial charge on any atom is 0.330 e. The van der Waals surface area contributed by atoms with E-state index in [9.17, 15) is 14.4 Å². The largest absolute Gasteiger partial charge is 0.339 e. The molecule has 0 unspecified atom stereocenters. The van der Waals surface area contributed by atoms with Crippen molar-refractivity contribution in [1.82, 2.24) is 19.5 Å². The summed E-state index contributed by atoms with van der Waals surface area (Å²) in [6, 6.07) is 8.62. The van der Waals surface area contributed by atoms with Crippen molar-refractivity contribution >= 4 is 16.9 Å². The van der Waals surface area contributed by atoms with E-state index in [1.165, 1.54) is 6.33 Å². The smallest absolute Gasteiger partial charge is 0.330 e. The lowest BCUT2D eigenvalue weighted by Crippen LogP contribution is -2.32. The number of hydrogen-bond acceptors (Lipinski definition) is 4. The fraction of sp³-hybridized carbons (Fsp3) is 0.0769. The Hall–Kier alpha value is -2.96. The van der Waals surface area contributed by atoms with Gasteiger partial charge < -0.3 is 4.98 Å². The van der Waals surface area contributed by atoms with Gasteiger partial charge in [-0.05, 0) is 0 Å². The highest BCUT2D eigenvalue weighted by Gasteiger charge is 2.13. The lowest BCUT2D eigenvalue weighted by atomic mass is 10.1. The second-order valence-electron chi connectivity index (χ2n) is 4.24. The Morgan fingerprint density at radius 3 is 2.70 bits per heavy atom. The molecule has 7 nitrogen and oxygen atoms in total. The third kappa shape index (κ3) is 1.95. The number of rotatable bonds is 3. The monoisotopic (exact) mass is 270 g/mol. The molecule has 0 aliphatic rings. The highest BCUT2D eigenvalue weighted by molar-refractivity contribution is 5.96. The molecule has 0 aliphatic heterocycles. The van der Waals surface area contributed by atoms with E-state index in [4.69, 9.17) is 0 Å². The van der Waals surface area contributed by atoms with Crippen LogP contribution in [0.1, 0.15) is 10.4 Å². The van der Waals surface area contributed by atoms with Gasteiger partial charge in [-0.2, -0.15) is 0 Å². The van der Waals surface area contributed by atoms with Crippen molar-refractivity contribution in [3.05, 3.63) is 63.1 Å². The molecule has 0 fully saturated rings. The molecular weight excluding hydrogens is 260 g/mol. The van der Waals surface area contributed by atoms with Gasteiger partial charge in [0.15, 0.2) is 11.4 Å². The fourth-order valence-corrected chi connectivity index (χ4v) is 1.99. The average molecular weight is 270 g/mol. The van der Waals surface area contributed by atoms with Crippen LogP contribution in [0.5, 0.6) is 0 Å². The number of hydrogen-bond donors (Lipinski definition) is 2. The number of nitrogens with zero attached hydrogens (tertiary/aromatic N) is 2. The molecule has 0 atom stereocenters. The number of imidazole rings is 1. The van der Waals surface area contributed by atoms with Gasteiger partial charge in [-0.1, -0.05) is 30.3 Å². The standard InChI is InChI=1S/C13H10N4O3/c18-9(8-4-2-1-3-5-8)6-17-11-10(14-7-15-11)12(19)16-13(17)20/h1-5,7H,6H2,(H,14,15)(H,16,19,20). The quantitative estimate of drug-likeness (QED) is 0.668. The van der Waals surface area contributed by atoms with Crippen LogP contribution in [0, 0.1) is 0 Å². The second-order valence-corrected chi connectivity index (χ2v) is 4.24. The van der Waals surface area contributed by atoms with E-state index in [0.29, 0.717) is 5.56 Å². The Bertz CT molecular complexity index is 889. The van der Waals surface area contributed by atoms with Gasteiger partial charge in [0, 0.05) is 5.56 Å². The molecule has 2 N–H and O–H groups in total. The maximum atomic E-state index is 12.1. The van der Waals surface area contributed by atoms with Crippen LogP contribution >= 0.6 is 0 Å². The summed E-state index contributed by atoms with van der Waals surface area (Å²) in [5.74, 6) is -0.232. The van der Waals surface area contributed by atoms with E-state index in [1.54, 1.807) is 30.3 Å². The maximum absolute atomic E-state index is 12.1. The molecule has 0 aliphatic carbocycles. The van der Waals surface area contributed by atoms with E-state index in [2.05, 4.69) is 15.0 Å². The van der Waals surface area contributed by atoms with Crippen molar-refractivity contribution in [3.63, 3.8) is 0 Å². The number of benzene rings is 1. The number of ketones is 1. The minimum atomic E-state index is -0.654. The first-order chi connectivity index (χ1) is 9.66. The van der Waals surface area contributed by atoms with Gasteiger partial charge in [-0.15, -0.1) is 0 Å². The molecule has 0 saturated carbocycles.